The van der Waals surface area contributed by atoms with E-state index in [0.717, 1.165) is 34.7 Å². The number of hydrogen-bond acceptors (Lipinski definition) is 5. The third kappa shape index (κ3) is 2.19. The second-order valence-corrected chi connectivity index (χ2v) is 4.35. The summed E-state index contributed by atoms with van der Waals surface area (Å²) in [4.78, 5) is 8.57. The molecule has 2 heterocycles. The van der Waals surface area contributed by atoms with E-state index in [1.54, 1.807) is 0 Å². The fourth-order valence-corrected chi connectivity index (χ4v) is 2.07. The zero-order chi connectivity index (χ0) is 13.2. The second-order valence-electron chi connectivity index (χ2n) is 4.35. The fraction of sp³-hybridized carbons (Fsp3) is 0.286. The number of aryl methyl sites for hydroxylation is 1. The summed E-state index contributed by atoms with van der Waals surface area (Å²) < 4.78 is 10.8. The quantitative estimate of drug-likeness (QED) is 0.916. The summed E-state index contributed by atoms with van der Waals surface area (Å²) >= 11 is 0. The molecule has 0 saturated carbocycles. The topological polar surface area (TPSA) is 56.3 Å². The number of anilines is 1. The standard InChI is InChI=1S/C14H15N3O2/c1-3-15-14-16-6-10(7-17-14)11-5-13-12(4-9(11)2)18-8-19-13/h4-7H,3,8H2,1-2H3,(H,15,16,17). The number of benzene rings is 1. The highest BCUT2D eigenvalue weighted by Crippen LogP contribution is 2.38. The van der Waals surface area contributed by atoms with E-state index in [-0.39, 0.29) is 6.79 Å². The summed E-state index contributed by atoms with van der Waals surface area (Å²) in [6, 6.07) is 3.96. The highest BCUT2D eigenvalue weighted by atomic mass is 16.7. The first-order valence-electron chi connectivity index (χ1n) is 6.24. The number of ether oxygens (including phenoxy) is 2. The summed E-state index contributed by atoms with van der Waals surface area (Å²) in [6.45, 7) is 5.14. The molecule has 0 fully saturated rings. The molecule has 0 amide bonds. The number of fused-ring (bicyclic) bond motifs is 1. The average molecular weight is 257 g/mol. The first-order chi connectivity index (χ1) is 9.28. The third-order valence-electron chi connectivity index (χ3n) is 3.02. The van der Waals surface area contributed by atoms with E-state index in [0.29, 0.717) is 5.95 Å². The van der Waals surface area contributed by atoms with Crippen molar-refractivity contribution in [1.29, 1.82) is 0 Å². The van der Waals surface area contributed by atoms with Crippen molar-refractivity contribution in [2.24, 2.45) is 0 Å². The van der Waals surface area contributed by atoms with Crippen LogP contribution in [0.25, 0.3) is 11.1 Å². The van der Waals surface area contributed by atoms with Gasteiger partial charge >= 0.3 is 0 Å². The summed E-state index contributed by atoms with van der Waals surface area (Å²) in [5, 5.41) is 3.08. The maximum atomic E-state index is 5.40. The molecular formula is C14H15N3O2. The molecule has 0 saturated heterocycles. The Bertz CT molecular complexity index is 596. The van der Waals surface area contributed by atoms with Crippen LogP contribution < -0.4 is 14.8 Å². The van der Waals surface area contributed by atoms with Crippen LogP contribution in [0.1, 0.15) is 12.5 Å². The van der Waals surface area contributed by atoms with E-state index >= 15 is 0 Å². The van der Waals surface area contributed by atoms with Crippen LogP contribution in [-0.2, 0) is 0 Å². The Morgan fingerprint density at radius 3 is 2.53 bits per heavy atom. The van der Waals surface area contributed by atoms with Crippen LogP contribution in [0.2, 0.25) is 0 Å². The summed E-state index contributed by atoms with van der Waals surface area (Å²) in [5.41, 5.74) is 3.15. The normalized spacial score (nSPS) is 12.5. The molecule has 0 radical (unpaired) electrons. The molecule has 1 N–H and O–H groups in total. The lowest BCUT2D eigenvalue weighted by molar-refractivity contribution is 0.174. The Morgan fingerprint density at radius 2 is 1.84 bits per heavy atom. The van der Waals surface area contributed by atoms with E-state index in [1.807, 2.05) is 38.4 Å². The molecule has 3 rings (SSSR count). The Morgan fingerprint density at radius 1 is 1.16 bits per heavy atom. The van der Waals surface area contributed by atoms with Crippen molar-refractivity contribution in [2.75, 3.05) is 18.7 Å². The molecule has 0 atom stereocenters. The van der Waals surface area contributed by atoms with Gasteiger partial charge in [0, 0.05) is 24.5 Å². The predicted octanol–water partition coefficient (Wildman–Crippen LogP) is 2.61. The highest BCUT2D eigenvalue weighted by molar-refractivity contribution is 5.70. The Kier molecular flexibility index (Phi) is 2.95. The van der Waals surface area contributed by atoms with Gasteiger partial charge in [-0.2, -0.15) is 0 Å². The molecule has 1 aliphatic heterocycles. The van der Waals surface area contributed by atoms with Gasteiger partial charge in [0.15, 0.2) is 11.5 Å². The minimum absolute atomic E-state index is 0.286. The Labute approximate surface area is 111 Å². The van der Waals surface area contributed by atoms with Crippen LogP contribution in [0.3, 0.4) is 0 Å². The summed E-state index contributed by atoms with van der Waals surface area (Å²) in [5.74, 6) is 2.22. The molecule has 1 aromatic heterocycles. The minimum Gasteiger partial charge on any atom is -0.454 e. The number of rotatable bonds is 3. The number of aromatic nitrogens is 2. The van der Waals surface area contributed by atoms with Crippen LogP contribution in [0.15, 0.2) is 24.5 Å². The second kappa shape index (κ2) is 4.76. The van der Waals surface area contributed by atoms with Crippen molar-refractivity contribution in [1.82, 2.24) is 9.97 Å². The van der Waals surface area contributed by atoms with Gasteiger partial charge in [-0.25, -0.2) is 9.97 Å². The van der Waals surface area contributed by atoms with Gasteiger partial charge in [-0.1, -0.05) is 0 Å². The molecule has 2 aromatic rings. The number of nitrogens with one attached hydrogen (secondary N) is 1. The van der Waals surface area contributed by atoms with E-state index < -0.39 is 0 Å². The highest BCUT2D eigenvalue weighted by Gasteiger charge is 2.16. The van der Waals surface area contributed by atoms with Gasteiger partial charge in [0.2, 0.25) is 12.7 Å². The van der Waals surface area contributed by atoms with Gasteiger partial charge < -0.3 is 14.8 Å². The molecule has 0 unspecified atom stereocenters. The zero-order valence-electron chi connectivity index (χ0n) is 10.9. The van der Waals surface area contributed by atoms with E-state index in [2.05, 4.69) is 15.3 Å². The first-order valence-corrected chi connectivity index (χ1v) is 6.24. The fourth-order valence-electron chi connectivity index (χ4n) is 2.07. The van der Waals surface area contributed by atoms with Crippen molar-refractivity contribution in [3.63, 3.8) is 0 Å². The van der Waals surface area contributed by atoms with Gasteiger partial charge in [-0.05, 0) is 37.1 Å². The van der Waals surface area contributed by atoms with Crippen molar-refractivity contribution < 1.29 is 9.47 Å². The third-order valence-corrected chi connectivity index (χ3v) is 3.02. The zero-order valence-corrected chi connectivity index (χ0v) is 10.9. The molecule has 5 heteroatoms. The molecule has 5 nitrogen and oxygen atoms in total. The number of hydrogen-bond donors (Lipinski definition) is 1. The maximum absolute atomic E-state index is 5.40. The summed E-state index contributed by atoms with van der Waals surface area (Å²) in [6.07, 6.45) is 3.63. The smallest absolute Gasteiger partial charge is 0.231 e. The Balaban J connectivity index is 1.97. The van der Waals surface area contributed by atoms with Gasteiger partial charge in [0.1, 0.15) is 0 Å². The van der Waals surface area contributed by atoms with Gasteiger partial charge in [0.25, 0.3) is 0 Å². The average Bonchev–Trinajstić information content (AvgIpc) is 2.86. The van der Waals surface area contributed by atoms with Crippen molar-refractivity contribution in [3.8, 4) is 22.6 Å². The van der Waals surface area contributed by atoms with Crippen LogP contribution >= 0.6 is 0 Å². The monoisotopic (exact) mass is 257 g/mol. The van der Waals surface area contributed by atoms with E-state index in [9.17, 15) is 0 Å². The number of nitrogens with zero attached hydrogens (tertiary/aromatic N) is 2. The molecule has 19 heavy (non-hydrogen) atoms. The molecule has 0 bridgehead atoms. The molecule has 0 aliphatic carbocycles. The van der Waals surface area contributed by atoms with Crippen molar-refractivity contribution >= 4 is 5.95 Å². The first kappa shape index (κ1) is 11.8. The molecule has 1 aliphatic rings. The van der Waals surface area contributed by atoms with Crippen LogP contribution in [0.4, 0.5) is 5.95 Å². The molecule has 1 aromatic carbocycles. The maximum Gasteiger partial charge on any atom is 0.231 e. The predicted molar refractivity (Wildman–Crippen MR) is 72.5 cm³/mol. The molecular weight excluding hydrogens is 242 g/mol. The minimum atomic E-state index is 0.286. The lowest BCUT2D eigenvalue weighted by atomic mass is 10.0. The lowest BCUT2D eigenvalue weighted by Crippen LogP contribution is -2.01. The van der Waals surface area contributed by atoms with E-state index in [4.69, 9.17) is 9.47 Å². The van der Waals surface area contributed by atoms with Crippen LogP contribution in [-0.4, -0.2) is 23.3 Å². The summed E-state index contributed by atoms with van der Waals surface area (Å²) in [7, 11) is 0. The SMILES string of the molecule is CCNc1ncc(-c2cc3c(cc2C)OCO3)cn1. The van der Waals surface area contributed by atoms with Crippen molar-refractivity contribution in [2.45, 2.75) is 13.8 Å². The lowest BCUT2D eigenvalue weighted by Gasteiger charge is -2.08. The van der Waals surface area contributed by atoms with Gasteiger partial charge in [-0.15, -0.1) is 0 Å². The molecule has 0 spiro atoms. The Hall–Kier alpha value is -2.30. The molecule has 98 valence electrons. The van der Waals surface area contributed by atoms with Crippen LogP contribution in [0, 0.1) is 6.92 Å². The largest absolute Gasteiger partial charge is 0.454 e. The van der Waals surface area contributed by atoms with Crippen molar-refractivity contribution in [3.05, 3.63) is 30.1 Å². The van der Waals surface area contributed by atoms with Crippen LogP contribution in [0.5, 0.6) is 11.5 Å². The van der Waals surface area contributed by atoms with Gasteiger partial charge in [-0.3, -0.25) is 0 Å². The van der Waals surface area contributed by atoms with E-state index in [1.165, 1.54) is 0 Å². The van der Waals surface area contributed by atoms with Gasteiger partial charge in [0.05, 0.1) is 0 Å².